The topological polar surface area (TPSA) is 21.3 Å². The molecule has 0 unspecified atom stereocenters. The van der Waals surface area contributed by atoms with Crippen LogP contribution in [0, 0.1) is 0 Å². The highest BCUT2D eigenvalue weighted by molar-refractivity contribution is 6.24. The van der Waals surface area contributed by atoms with Gasteiger partial charge in [0.2, 0.25) is 0 Å². The van der Waals surface area contributed by atoms with Crippen LogP contribution in [0.15, 0.2) is 235 Å². The van der Waals surface area contributed by atoms with Crippen molar-refractivity contribution in [1.82, 2.24) is 4.57 Å². The van der Waals surface area contributed by atoms with Crippen molar-refractivity contribution in [3.8, 4) is 39.1 Å². The molecule has 10 aromatic carbocycles. The molecule has 0 spiro atoms. The molecule has 0 aliphatic carbocycles. The van der Waals surface area contributed by atoms with Gasteiger partial charge in [-0.25, -0.2) is 0 Å². The van der Waals surface area contributed by atoms with Gasteiger partial charge in [-0.15, -0.1) is 0 Å². The first-order valence-electron chi connectivity index (χ1n) is 20.8. The normalized spacial score (nSPS) is 11.6. The minimum Gasteiger partial charge on any atom is -0.456 e. The van der Waals surface area contributed by atoms with E-state index in [1.807, 2.05) is 0 Å². The third-order valence-corrected chi connectivity index (χ3v) is 12.2. The Morgan fingerprint density at radius 3 is 1.52 bits per heavy atom. The average Bonchev–Trinajstić information content (AvgIpc) is 3.89. The summed E-state index contributed by atoms with van der Waals surface area (Å²) in [6.45, 7) is 0. The summed E-state index contributed by atoms with van der Waals surface area (Å²) in [6, 6.07) is 82.7. The number of hydrogen-bond donors (Lipinski definition) is 0. The third-order valence-electron chi connectivity index (χ3n) is 12.2. The maximum Gasteiger partial charge on any atom is 0.136 e. The van der Waals surface area contributed by atoms with Gasteiger partial charge in [0.05, 0.1) is 11.0 Å². The number of aromatic nitrogens is 1. The van der Waals surface area contributed by atoms with Gasteiger partial charge in [-0.2, -0.15) is 0 Å². The summed E-state index contributed by atoms with van der Waals surface area (Å²) in [5.41, 5.74) is 15.7. The minimum absolute atomic E-state index is 0.864. The first-order chi connectivity index (χ1) is 30.3. The Morgan fingerprint density at radius 2 is 0.836 bits per heavy atom. The second kappa shape index (κ2) is 14.3. The summed E-state index contributed by atoms with van der Waals surface area (Å²) < 4.78 is 9.03. The van der Waals surface area contributed by atoms with Gasteiger partial charge in [0.1, 0.15) is 11.2 Å². The molecule has 61 heavy (non-hydrogen) atoms. The molecule has 0 fully saturated rings. The van der Waals surface area contributed by atoms with Gasteiger partial charge in [-0.05, 0) is 117 Å². The van der Waals surface area contributed by atoms with Gasteiger partial charge >= 0.3 is 0 Å². The van der Waals surface area contributed by atoms with Gasteiger partial charge < -0.3 is 13.9 Å². The Balaban J connectivity index is 1.03. The maximum absolute atomic E-state index is 6.64. The van der Waals surface area contributed by atoms with Crippen molar-refractivity contribution in [3.63, 3.8) is 0 Å². The molecule has 12 rings (SSSR count). The number of rotatable bonds is 7. The number of benzene rings is 10. The molecule has 0 amide bonds. The fraction of sp³-hybridized carbons (Fsp3) is 0. The fourth-order valence-electron chi connectivity index (χ4n) is 9.41. The minimum atomic E-state index is 0.864. The number of furan rings is 1. The van der Waals surface area contributed by atoms with Crippen molar-refractivity contribution in [2.75, 3.05) is 4.90 Å². The molecule has 2 heterocycles. The first kappa shape index (κ1) is 34.9. The van der Waals surface area contributed by atoms with E-state index in [-0.39, 0.29) is 0 Å². The van der Waals surface area contributed by atoms with Gasteiger partial charge in [0, 0.05) is 44.3 Å². The van der Waals surface area contributed by atoms with E-state index in [0.717, 1.165) is 44.7 Å². The molecular weight excluding hydrogens is 741 g/mol. The lowest BCUT2D eigenvalue weighted by atomic mass is 9.93. The number of anilines is 3. The van der Waals surface area contributed by atoms with E-state index in [0.29, 0.717) is 0 Å². The van der Waals surface area contributed by atoms with E-state index < -0.39 is 0 Å². The number of nitrogens with zero attached hydrogens (tertiary/aromatic N) is 2. The van der Waals surface area contributed by atoms with E-state index >= 15 is 0 Å². The molecule has 0 atom stereocenters. The zero-order chi connectivity index (χ0) is 40.3. The summed E-state index contributed by atoms with van der Waals surface area (Å²) in [5, 5.41) is 7.05. The molecule has 0 N–H and O–H groups in total. The Labute approximate surface area is 353 Å². The van der Waals surface area contributed by atoms with Crippen molar-refractivity contribution < 1.29 is 4.42 Å². The summed E-state index contributed by atoms with van der Waals surface area (Å²) in [6.07, 6.45) is 0. The molecule has 3 nitrogen and oxygen atoms in total. The largest absolute Gasteiger partial charge is 0.456 e. The summed E-state index contributed by atoms with van der Waals surface area (Å²) in [4.78, 5) is 2.35. The van der Waals surface area contributed by atoms with Gasteiger partial charge in [-0.3, -0.25) is 0 Å². The quantitative estimate of drug-likeness (QED) is 0.161. The van der Waals surface area contributed by atoms with E-state index in [1.165, 1.54) is 66.0 Å². The molecule has 0 saturated heterocycles. The summed E-state index contributed by atoms with van der Waals surface area (Å²) in [5.74, 6) is 0. The maximum atomic E-state index is 6.64. The van der Waals surface area contributed by atoms with Gasteiger partial charge in [0.15, 0.2) is 0 Å². The lowest BCUT2D eigenvalue weighted by Crippen LogP contribution is -2.09. The zero-order valence-electron chi connectivity index (χ0n) is 33.2. The van der Waals surface area contributed by atoms with Crippen molar-refractivity contribution in [1.29, 1.82) is 0 Å². The van der Waals surface area contributed by atoms with Crippen molar-refractivity contribution in [2.45, 2.75) is 0 Å². The standard InChI is InChI=1S/C58H38N2O/c1-4-14-39(15-5-1)41-26-30-44(31-27-41)59(45-32-28-42(29-33-45)40-16-6-2-7-17-40)46-34-36-55-52(38-46)58-50-22-12-21-47(48(50)35-37-56(58)61-55)49-23-13-25-54-57(49)51-20-10-11-24-53(51)60(54)43-18-8-3-9-19-43/h1-38H. The Bertz CT molecular complexity index is 3470. The number of hydrogen-bond acceptors (Lipinski definition) is 2. The fourth-order valence-corrected chi connectivity index (χ4v) is 9.41. The summed E-state index contributed by atoms with van der Waals surface area (Å²) in [7, 11) is 0. The van der Waals surface area contributed by atoms with Crippen LogP contribution in [0.3, 0.4) is 0 Å². The van der Waals surface area contributed by atoms with Crippen LogP contribution in [0.2, 0.25) is 0 Å². The smallest absolute Gasteiger partial charge is 0.136 e. The van der Waals surface area contributed by atoms with Crippen LogP contribution in [0.4, 0.5) is 17.1 Å². The van der Waals surface area contributed by atoms with Crippen LogP contribution in [0.1, 0.15) is 0 Å². The van der Waals surface area contributed by atoms with E-state index in [1.54, 1.807) is 0 Å². The molecule has 0 aliphatic heterocycles. The second-order valence-corrected chi connectivity index (χ2v) is 15.7. The molecule has 286 valence electrons. The van der Waals surface area contributed by atoms with Crippen LogP contribution in [0.5, 0.6) is 0 Å². The average molecular weight is 779 g/mol. The van der Waals surface area contributed by atoms with Crippen molar-refractivity contribution >= 4 is 71.6 Å². The Hall–Kier alpha value is -8.14. The number of fused-ring (bicyclic) bond motifs is 8. The lowest BCUT2D eigenvalue weighted by Gasteiger charge is -2.26. The Morgan fingerprint density at radius 1 is 0.311 bits per heavy atom. The molecule has 2 aromatic heterocycles. The molecular formula is C58H38N2O. The Kier molecular flexibility index (Phi) is 8.17. The molecule has 0 bridgehead atoms. The molecule has 0 radical (unpaired) electrons. The van der Waals surface area contributed by atoms with E-state index in [9.17, 15) is 0 Å². The highest BCUT2D eigenvalue weighted by atomic mass is 16.3. The SMILES string of the molecule is c1ccc(-c2ccc(N(c3ccc(-c4ccccc4)cc3)c3ccc4oc5ccc6c(-c7cccc8c7c7ccccc7n8-c7ccccc7)cccc6c5c4c3)cc2)cc1. The summed E-state index contributed by atoms with van der Waals surface area (Å²) >= 11 is 0. The monoisotopic (exact) mass is 778 g/mol. The second-order valence-electron chi connectivity index (χ2n) is 15.7. The molecule has 0 aliphatic rings. The highest BCUT2D eigenvalue weighted by Gasteiger charge is 2.20. The van der Waals surface area contributed by atoms with Crippen LogP contribution in [0.25, 0.3) is 93.6 Å². The van der Waals surface area contributed by atoms with Crippen LogP contribution in [-0.2, 0) is 0 Å². The predicted octanol–water partition coefficient (Wildman–Crippen LogP) is 16.3. The highest BCUT2D eigenvalue weighted by Crippen LogP contribution is 2.45. The van der Waals surface area contributed by atoms with Crippen molar-refractivity contribution in [2.24, 2.45) is 0 Å². The third kappa shape index (κ3) is 5.82. The van der Waals surface area contributed by atoms with E-state index in [4.69, 9.17) is 4.42 Å². The molecule has 12 aromatic rings. The molecule has 0 saturated carbocycles. The molecule has 3 heteroatoms. The van der Waals surface area contributed by atoms with Crippen LogP contribution < -0.4 is 4.90 Å². The van der Waals surface area contributed by atoms with Crippen LogP contribution in [-0.4, -0.2) is 4.57 Å². The van der Waals surface area contributed by atoms with E-state index in [2.05, 4.69) is 240 Å². The predicted molar refractivity (Wildman–Crippen MR) is 257 cm³/mol. The zero-order valence-corrected chi connectivity index (χ0v) is 33.2. The lowest BCUT2D eigenvalue weighted by molar-refractivity contribution is 0.669. The van der Waals surface area contributed by atoms with Gasteiger partial charge in [0.25, 0.3) is 0 Å². The first-order valence-corrected chi connectivity index (χ1v) is 20.8. The van der Waals surface area contributed by atoms with Crippen molar-refractivity contribution in [3.05, 3.63) is 231 Å². The van der Waals surface area contributed by atoms with Crippen LogP contribution >= 0.6 is 0 Å². The van der Waals surface area contributed by atoms with Gasteiger partial charge in [-0.1, -0.05) is 158 Å². The number of para-hydroxylation sites is 2.